The predicted molar refractivity (Wildman–Crippen MR) is 58.8 cm³/mol. The van der Waals surface area contributed by atoms with E-state index in [9.17, 15) is 4.79 Å². The van der Waals surface area contributed by atoms with Crippen molar-refractivity contribution < 1.29 is 4.79 Å². The number of aromatic nitrogens is 1. The van der Waals surface area contributed by atoms with Gasteiger partial charge in [-0.2, -0.15) is 0 Å². The van der Waals surface area contributed by atoms with Crippen molar-refractivity contribution in [2.45, 2.75) is 27.7 Å². The average molecular weight is 212 g/mol. The summed E-state index contributed by atoms with van der Waals surface area (Å²) in [6, 6.07) is 0. The van der Waals surface area contributed by atoms with E-state index in [0.717, 1.165) is 9.88 Å². The SMILES string of the molecule is Cc1nc(C(=O)NCC(C)C)c(C)s1. The lowest BCUT2D eigenvalue weighted by molar-refractivity contribution is 0.0944. The second-order valence-electron chi connectivity index (χ2n) is 3.74. The first kappa shape index (κ1) is 11.2. The van der Waals surface area contributed by atoms with E-state index in [4.69, 9.17) is 0 Å². The number of amides is 1. The first-order valence-electron chi connectivity index (χ1n) is 4.73. The van der Waals surface area contributed by atoms with Gasteiger partial charge in [0.25, 0.3) is 5.91 Å². The Morgan fingerprint density at radius 1 is 1.50 bits per heavy atom. The molecular weight excluding hydrogens is 196 g/mol. The van der Waals surface area contributed by atoms with E-state index in [1.54, 1.807) is 11.3 Å². The zero-order valence-corrected chi connectivity index (χ0v) is 9.86. The Balaban J connectivity index is 2.65. The zero-order valence-electron chi connectivity index (χ0n) is 9.05. The molecule has 0 radical (unpaired) electrons. The molecule has 0 unspecified atom stereocenters. The largest absolute Gasteiger partial charge is 0.350 e. The fourth-order valence-corrected chi connectivity index (χ4v) is 1.94. The highest BCUT2D eigenvalue weighted by molar-refractivity contribution is 7.11. The third-order valence-electron chi connectivity index (χ3n) is 1.79. The van der Waals surface area contributed by atoms with Crippen LogP contribution in [0.25, 0.3) is 0 Å². The van der Waals surface area contributed by atoms with Crippen molar-refractivity contribution in [1.29, 1.82) is 0 Å². The Morgan fingerprint density at radius 3 is 2.57 bits per heavy atom. The van der Waals surface area contributed by atoms with Gasteiger partial charge in [0, 0.05) is 11.4 Å². The molecule has 1 amide bonds. The predicted octanol–water partition coefficient (Wildman–Crippen LogP) is 2.15. The molecule has 78 valence electrons. The molecule has 14 heavy (non-hydrogen) atoms. The van der Waals surface area contributed by atoms with E-state index < -0.39 is 0 Å². The van der Waals surface area contributed by atoms with Crippen LogP contribution < -0.4 is 5.32 Å². The summed E-state index contributed by atoms with van der Waals surface area (Å²) in [6.07, 6.45) is 0. The molecule has 1 N–H and O–H groups in total. The minimum absolute atomic E-state index is 0.0550. The molecule has 0 bridgehead atoms. The van der Waals surface area contributed by atoms with E-state index in [2.05, 4.69) is 24.1 Å². The molecule has 0 aliphatic carbocycles. The number of thiazole rings is 1. The molecule has 1 aromatic rings. The molecule has 3 nitrogen and oxygen atoms in total. The van der Waals surface area contributed by atoms with Crippen LogP contribution in [0, 0.1) is 19.8 Å². The fourth-order valence-electron chi connectivity index (χ4n) is 1.12. The quantitative estimate of drug-likeness (QED) is 0.834. The van der Waals surface area contributed by atoms with Crippen LogP contribution in [-0.2, 0) is 0 Å². The topological polar surface area (TPSA) is 42.0 Å². The number of rotatable bonds is 3. The third-order valence-corrected chi connectivity index (χ3v) is 2.68. The number of carbonyl (C=O) groups excluding carboxylic acids is 1. The molecule has 0 aliphatic rings. The summed E-state index contributed by atoms with van der Waals surface area (Å²) < 4.78 is 0. The Bertz CT molecular complexity index is 331. The smallest absolute Gasteiger partial charge is 0.271 e. The van der Waals surface area contributed by atoms with Crippen LogP contribution in [0.2, 0.25) is 0 Å². The van der Waals surface area contributed by atoms with Crippen molar-refractivity contribution in [1.82, 2.24) is 10.3 Å². The van der Waals surface area contributed by atoms with Gasteiger partial charge in [0.15, 0.2) is 0 Å². The molecule has 0 atom stereocenters. The lowest BCUT2D eigenvalue weighted by Crippen LogP contribution is -2.28. The van der Waals surface area contributed by atoms with Gasteiger partial charge in [-0.05, 0) is 19.8 Å². The van der Waals surface area contributed by atoms with Crippen LogP contribution in [0.4, 0.5) is 0 Å². The zero-order chi connectivity index (χ0) is 10.7. The Morgan fingerprint density at radius 2 is 2.14 bits per heavy atom. The molecule has 1 heterocycles. The van der Waals surface area contributed by atoms with Crippen molar-refractivity contribution in [2.75, 3.05) is 6.54 Å². The lowest BCUT2D eigenvalue weighted by Gasteiger charge is -2.05. The number of hydrogen-bond acceptors (Lipinski definition) is 3. The van der Waals surface area contributed by atoms with Crippen molar-refractivity contribution in [3.8, 4) is 0 Å². The number of hydrogen-bond donors (Lipinski definition) is 1. The van der Waals surface area contributed by atoms with Gasteiger partial charge in [0.05, 0.1) is 5.01 Å². The van der Waals surface area contributed by atoms with E-state index >= 15 is 0 Å². The number of aryl methyl sites for hydroxylation is 2. The van der Waals surface area contributed by atoms with Gasteiger partial charge in [0.1, 0.15) is 5.69 Å². The van der Waals surface area contributed by atoms with Gasteiger partial charge >= 0.3 is 0 Å². The summed E-state index contributed by atoms with van der Waals surface area (Å²) >= 11 is 1.56. The molecule has 0 saturated carbocycles. The minimum Gasteiger partial charge on any atom is -0.350 e. The van der Waals surface area contributed by atoms with Crippen molar-refractivity contribution in [3.63, 3.8) is 0 Å². The Labute approximate surface area is 88.6 Å². The summed E-state index contributed by atoms with van der Waals surface area (Å²) in [6.45, 7) is 8.68. The van der Waals surface area contributed by atoms with Gasteiger partial charge in [-0.15, -0.1) is 11.3 Å². The van der Waals surface area contributed by atoms with Gasteiger partial charge in [-0.25, -0.2) is 4.98 Å². The average Bonchev–Trinajstić information content (AvgIpc) is 2.41. The highest BCUT2D eigenvalue weighted by Gasteiger charge is 2.13. The summed E-state index contributed by atoms with van der Waals surface area (Å²) in [5.74, 6) is 0.416. The standard InChI is InChI=1S/C10H16N2OS/c1-6(2)5-11-10(13)9-7(3)14-8(4)12-9/h6H,5H2,1-4H3,(H,11,13). The second kappa shape index (κ2) is 4.55. The minimum atomic E-state index is -0.0550. The van der Waals surface area contributed by atoms with Crippen LogP contribution >= 0.6 is 11.3 Å². The van der Waals surface area contributed by atoms with E-state index in [-0.39, 0.29) is 5.91 Å². The molecule has 0 aliphatic heterocycles. The molecular formula is C10H16N2OS. The molecule has 1 rings (SSSR count). The second-order valence-corrected chi connectivity index (χ2v) is 5.15. The highest BCUT2D eigenvalue weighted by Crippen LogP contribution is 2.15. The summed E-state index contributed by atoms with van der Waals surface area (Å²) in [5.41, 5.74) is 0.577. The first-order valence-corrected chi connectivity index (χ1v) is 5.54. The maximum Gasteiger partial charge on any atom is 0.271 e. The summed E-state index contributed by atoms with van der Waals surface area (Å²) in [7, 11) is 0. The van der Waals surface area contributed by atoms with Crippen molar-refractivity contribution >= 4 is 17.2 Å². The monoisotopic (exact) mass is 212 g/mol. The highest BCUT2D eigenvalue weighted by atomic mass is 32.1. The maximum atomic E-state index is 11.6. The third kappa shape index (κ3) is 2.80. The summed E-state index contributed by atoms with van der Waals surface area (Å²) in [5, 5.41) is 3.80. The van der Waals surface area contributed by atoms with E-state index in [1.807, 2.05) is 13.8 Å². The molecule has 4 heteroatoms. The van der Waals surface area contributed by atoms with Crippen molar-refractivity contribution in [3.05, 3.63) is 15.6 Å². The van der Waals surface area contributed by atoms with Gasteiger partial charge < -0.3 is 5.32 Å². The molecule has 1 aromatic heterocycles. The molecule has 0 saturated heterocycles. The van der Waals surface area contributed by atoms with E-state index in [1.165, 1.54) is 0 Å². The number of nitrogens with zero attached hydrogens (tertiary/aromatic N) is 1. The Hall–Kier alpha value is -0.900. The van der Waals surface area contributed by atoms with Crippen LogP contribution in [0.5, 0.6) is 0 Å². The van der Waals surface area contributed by atoms with Crippen LogP contribution in [0.3, 0.4) is 0 Å². The van der Waals surface area contributed by atoms with Crippen LogP contribution in [0.1, 0.15) is 34.2 Å². The van der Waals surface area contributed by atoms with Gasteiger partial charge in [0.2, 0.25) is 0 Å². The van der Waals surface area contributed by atoms with Gasteiger partial charge in [-0.1, -0.05) is 13.8 Å². The van der Waals surface area contributed by atoms with Gasteiger partial charge in [-0.3, -0.25) is 4.79 Å². The molecule has 0 fully saturated rings. The fraction of sp³-hybridized carbons (Fsp3) is 0.600. The molecule has 0 aromatic carbocycles. The summed E-state index contributed by atoms with van der Waals surface area (Å²) in [4.78, 5) is 16.8. The Kier molecular flexibility index (Phi) is 3.63. The van der Waals surface area contributed by atoms with Crippen molar-refractivity contribution in [2.24, 2.45) is 5.92 Å². The normalized spacial score (nSPS) is 10.6. The lowest BCUT2D eigenvalue weighted by atomic mass is 10.2. The number of carbonyl (C=O) groups is 1. The first-order chi connectivity index (χ1) is 6.50. The number of nitrogens with one attached hydrogen (secondary N) is 1. The van der Waals surface area contributed by atoms with Crippen LogP contribution in [0.15, 0.2) is 0 Å². The van der Waals surface area contributed by atoms with E-state index in [0.29, 0.717) is 18.2 Å². The molecule has 0 spiro atoms. The van der Waals surface area contributed by atoms with Crippen LogP contribution in [-0.4, -0.2) is 17.4 Å². The maximum absolute atomic E-state index is 11.6.